The van der Waals surface area contributed by atoms with Gasteiger partial charge in [0.2, 0.25) is 10.0 Å². The quantitative estimate of drug-likeness (QED) is 0.441. The molecule has 0 radical (unpaired) electrons. The van der Waals surface area contributed by atoms with E-state index in [2.05, 4.69) is 8.75 Å². The summed E-state index contributed by atoms with van der Waals surface area (Å²) in [4.78, 5) is 0.175. The smallest absolute Gasteiger partial charge is 0.246 e. The van der Waals surface area contributed by atoms with E-state index in [-0.39, 0.29) is 4.90 Å². The van der Waals surface area contributed by atoms with Crippen LogP contribution in [0.3, 0.4) is 0 Å². The maximum Gasteiger partial charge on any atom is 0.246 e. The van der Waals surface area contributed by atoms with Crippen LogP contribution in [0.4, 0.5) is 0 Å². The van der Waals surface area contributed by atoms with Crippen LogP contribution in [0.2, 0.25) is 0 Å². The maximum atomic E-state index is 14.0. The lowest BCUT2D eigenvalue weighted by molar-refractivity contribution is 0.332. The molecule has 0 aliphatic carbocycles. The van der Waals surface area contributed by atoms with E-state index in [9.17, 15) is 8.42 Å². The molecule has 0 saturated heterocycles. The van der Waals surface area contributed by atoms with Crippen LogP contribution in [-0.2, 0) is 16.4 Å². The first kappa shape index (κ1) is 20.9. The van der Waals surface area contributed by atoms with E-state index in [1.807, 2.05) is 42.5 Å². The Labute approximate surface area is 190 Å². The zero-order valence-electron chi connectivity index (χ0n) is 17.6. The van der Waals surface area contributed by atoms with Crippen LogP contribution < -0.4 is 9.47 Å². The van der Waals surface area contributed by atoms with E-state index >= 15 is 0 Å². The molecule has 3 aromatic carbocycles. The fraction of sp³-hybridized carbons (Fsp3) is 0.217. The third-order valence-electron chi connectivity index (χ3n) is 5.78. The number of methoxy groups -OCH3 is 2. The average molecular weight is 468 g/mol. The fourth-order valence-corrected chi connectivity index (χ4v) is 6.63. The molecule has 0 bridgehead atoms. The summed E-state index contributed by atoms with van der Waals surface area (Å²) in [5.74, 6) is 1.20. The minimum Gasteiger partial charge on any atom is -0.493 e. The molecule has 0 fully saturated rings. The molecule has 1 aliphatic rings. The number of aromatic nitrogens is 2. The molecule has 1 atom stereocenters. The SMILES string of the molecule is COc1cc2c(cc1OC)[C@@H](c1ccccc1)N(S(=O)(=O)c1cccc3nsnc13)CC2. The van der Waals surface area contributed by atoms with Gasteiger partial charge in [-0.2, -0.15) is 13.1 Å². The van der Waals surface area contributed by atoms with E-state index in [0.29, 0.717) is 35.5 Å². The summed E-state index contributed by atoms with van der Waals surface area (Å²) >= 11 is 1.01. The molecule has 9 heteroatoms. The van der Waals surface area contributed by atoms with Crippen LogP contribution in [0.1, 0.15) is 22.7 Å². The van der Waals surface area contributed by atoms with Crippen molar-refractivity contribution >= 4 is 32.8 Å². The Morgan fingerprint density at radius 1 is 0.969 bits per heavy atom. The Morgan fingerprint density at radius 3 is 2.47 bits per heavy atom. The van der Waals surface area contributed by atoms with Crippen molar-refractivity contribution in [1.29, 1.82) is 0 Å². The standard InChI is InChI=1S/C23H21N3O4S2/c1-29-19-13-16-11-12-26(32(27,28)21-10-6-9-18-22(21)25-31-24-18)23(15-7-4-3-5-8-15)17(16)14-20(19)30-2/h3-10,13-14,23H,11-12H2,1-2H3/t23-/m1/s1. The summed E-state index contributed by atoms with van der Waals surface area (Å²) in [7, 11) is -0.692. The number of sulfonamides is 1. The summed E-state index contributed by atoms with van der Waals surface area (Å²) in [6.07, 6.45) is 0.559. The Hall–Kier alpha value is -3.01. The molecule has 5 rings (SSSR count). The second kappa shape index (κ2) is 8.16. The highest BCUT2D eigenvalue weighted by Gasteiger charge is 2.39. The third kappa shape index (κ3) is 3.33. The zero-order valence-corrected chi connectivity index (χ0v) is 19.2. The maximum absolute atomic E-state index is 14.0. The summed E-state index contributed by atoms with van der Waals surface area (Å²) in [6.45, 7) is 0.332. The first-order valence-electron chi connectivity index (χ1n) is 10.1. The molecule has 0 amide bonds. The molecule has 1 aromatic heterocycles. The monoisotopic (exact) mass is 467 g/mol. The van der Waals surface area contributed by atoms with E-state index < -0.39 is 16.1 Å². The van der Waals surface area contributed by atoms with Gasteiger partial charge in [0.05, 0.1) is 32.0 Å². The minimum absolute atomic E-state index is 0.175. The first-order valence-corrected chi connectivity index (χ1v) is 12.2. The van der Waals surface area contributed by atoms with Gasteiger partial charge in [-0.25, -0.2) is 8.42 Å². The number of nitrogens with zero attached hydrogens (tertiary/aromatic N) is 3. The van der Waals surface area contributed by atoms with Crippen LogP contribution in [0.5, 0.6) is 11.5 Å². The lowest BCUT2D eigenvalue weighted by Gasteiger charge is -2.37. The third-order valence-corrected chi connectivity index (χ3v) is 8.22. The van der Waals surface area contributed by atoms with Crippen molar-refractivity contribution in [3.05, 3.63) is 77.4 Å². The number of rotatable bonds is 5. The number of fused-ring (bicyclic) bond motifs is 2. The van der Waals surface area contributed by atoms with Crippen LogP contribution in [-0.4, -0.2) is 42.2 Å². The summed E-state index contributed by atoms with van der Waals surface area (Å²) < 4.78 is 49.0. The van der Waals surface area contributed by atoms with Crippen molar-refractivity contribution in [3.63, 3.8) is 0 Å². The highest BCUT2D eigenvalue weighted by molar-refractivity contribution is 7.89. The van der Waals surface area contributed by atoms with Crippen LogP contribution in [0, 0.1) is 0 Å². The Morgan fingerprint density at radius 2 is 1.72 bits per heavy atom. The van der Waals surface area contributed by atoms with Gasteiger partial charge in [0.25, 0.3) is 0 Å². The molecule has 0 unspecified atom stereocenters. The van der Waals surface area contributed by atoms with Crippen molar-refractivity contribution < 1.29 is 17.9 Å². The van der Waals surface area contributed by atoms with Gasteiger partial charge >= 0.3 is 0 Å². The van der Waals surface area contributed by atoms with Crippen LogP contribution >= 0.6 is 11.7 Å². The summed E-state index contributed by atoms with van der Waals surface area (Å²) in [5, 5.41) is 0. The molecule has 32 heavy (non-hydrogen) atoms. The molecule has 0 saturated carbocycles. The molecule has 2 heterocycles. The van der Waals surface area contributed by atoms with E-state index in [1.54, 1.807) is 36.7 Å². The van der Waals surface area contributed by atoms with Gasteiger partial charge in [-0.1, -0.05) is 36.4 Å². The molecule has 0 spiro atoms. The van der Waals surface area contributed by atoms with E-state index in [1.165, 1.54) is 0 Å². The summed E-state index contributed by atoms with van der Waals surface area (Å²) in [5.41, 5.74) is 3.79. The van der Waals surface area contributed by atoms with Crippen molar-refractivity contribution in [2.24, 2.45) is 0 Å². The van der Waals surface area contributed by atoms with Gasteiger partial charge in [-0.15, -0.1) is 0 Å². The fourth-order valence-electron chi connectivity index (χ4n) is 4.28. The van der Waals surface area contributed by atoms with E-state index in [4.69, 9.17) is 9.47 Å². The predicted octanol–water partition coefficient (Wildman–Crippen LogP) is 4.04. The zero-order chi connectivity index (χ0) is 22.3. The predicted molar refractivity (Wildman–Crippen MR) is 123 cm³/mol. The van der Waals surface area contributed by atoms with Gasteiger partial charge in [0.15, 0.2) is 11.5 Å². The van der Waals surface area contributed by atoms with Gasteiger partial charge in [-0.3, -0.25) is 0 Å². The van der Waals surface area contributed by atoms with Crippen LogP contribution in [0.25, 0.3) is 11.0 Å². The molecule has 164 valence electrons. The average Bonchev–Trinajstić information content (AvgIpc) is 3.31. The molecule has 7 nitrogen and oxygen atoms in total. The highest BCUT2D eigenvalue weighted by Crippen LogP contribution is 2.43. The van der Waals surface area contributed by atoms with E-state index in [0.717, 1.165) is 28.4 Å². The number of hydrogen-bond donors (Lipinski definition) is 0. The normalized spacial score (nSPS) is 16.6. The lowest BCUT2D eigenvalue weighted by Crippen LogP contribution is -2.40. The first-order chi connectivity index (χ1) is 15.5. The Balaban J connectivity index is 1.72. The van der Waals surface area contributed by atoms with Gasteiger partial charge in [0, 0.05) is 6.54 Å². The minimum atomic E-state index is -3.87. The molecule has 0 N–H and O–H groups in total. The van der Waals surface area contributed by atoms with Crippen molar-refractivity contribution in [3.8, 4) is 11.5 Å². The van der Waals surface area contributed by atoms with Gasteiger partial charge in [-0.05, 0) is 47.4 Å². The summed E-state index contributed by atoms with van der Waals surface area (Å²) in [6, 6.07) is 18.1. The number of hydrogen-bond acceptors (Lipinski definition) is 7. The van der Waals surface area contributed by atoms with Crippen molar-refractivity contribution in [2.75, 3.05) is 20.8 Å². The number of ether oxygens (including phenoxy) is 2. The van der Waals surface area contributed by atoms with Crippen LogP contribution in [0.15, 0.2) is 65.6 Å². The number of benzene rings is 3. The van der Waals surface area contributed by atoms with Gasteiger partial charge < -0.3 is 9.47 Å². The van der Waals surface area contributed by atoms with Gasteiger partial charge in [0.1, 0.15) is 15.9 Å². The second-order valence-electron chi connectivity index (χ2n) is 7.47. The largest absolute Gasteiger partial charge is 0.493 e. The Bertz CT molecular complexity index is 1390. The molecule has 4 aromatic rings. The topological polar surface area (TPSA) is 81.6 Å². The van der Waals surface area contributed by atoms with Crippen molar-refractivity contribution in [2.45, 2.75) is 17.4 Å². The highest BCUT2D eigenvalue weighted by atomic mass is 32.2. The molecular formula is C23H21N3O4S2. The Kier molecular flexibility index (Phi) is 5.32. The molecular weight excluding hydrogens is 446 g/mol. The second-order valence-corrected chi connectivity index (χ2v) is 9.86. The molecule has 1 aliphatic heterocycles. The lowest BCUT2D eigenvalue weighted by atomic mass is 9.89. The van der Waals surface area contributed by atoms with Crippen molar-refractivity contribution in [1.82, 2.24) is 13.1 Å².